The number of carboxylic acids is 1. The molecule has 0 aliphatic carbocycles. The maximum Gasteiger partial charge on any atom is 0.337 e. The molecule has 0 saturated heterocycles. The van der Waals surface area contributed by atoms with Crippen molar-refractivity contribution in [1.82, 2.24) is 0 Å². The predicted molar refractivity (Wildman–Crippen MR) is 90.9 cm³/mol. The fraction of sp³-hybridized carbons (Fsp3) is 0.0667. The number of aromatic hydroxyl groups is 1. The van der Waals surface area contributed by atoms with Gasteiger partial charge in [0.1, 0.15) is 0 Å². The van der Waals surface area contributed by atoms with Gasteiger partial charge in [-0.15, -0.1) is 0 Å². The quantitative estimate of drug-likeness (QED) is 0.406. The van der Waals surface area contributed by atoms with Gasteiger partial charge in [0.15, 0.2) is 5.75 Å². The van der Waals surface area contributed by atoms with Crippen LogP contribution in [0.4, 0.5) is 11.4 Å². The van der Waals surface area contributed by atoms with Gasteiger partial charge in [0.2, 0.25) is 5.75 Å². The van der Waals surface area contributed by atoms with E-state index >= 15 is 0 Å². The molecule has 0 unspecified atom stereocenters. The van der Waals surface area contributed by atoms with Gasteiger partial charge in [-0.1, -0.05) is 11.6 Å². The van der Waals surface area contributed by atoms with E-state index in [-0.39, 0.29) is 16.3 Å². The minimum Gasteiger partial charge on any atom is -0.500 e. The SMILES string of the molecule is COc1cc(C=NNc2ccc(Cl)c(C(=O)O)c2)cc([N+](=O)[O-])c1O. The number of ether oxygens (including phenoxy) is 1. The number of nitrogens with zero attached hydrogens (tertiary/aromatic N) is 2. The molecule has 2 aromatic carbocycles. The number of benzene rings is 2. The summed E-state index contributed by atoms with van der Waals surface area (Å²) in [6.07, 6.45) is 1.25. The van der Waals surface area contributed by atoms with Crippen LogP contribution in [0.1, 0.15) is 15.9 Å². The molecule has 0 aliphatic rings. The van der Waals surface area contributed by atoms with Gasteiger partial charge in [0, 0.05) is 11.6 Å². The van der Waals surface area contributed by atoms with Gasteiger partial charge in [-0.3, -0.25) is 15.5 Å². The highest BCUT2D eigenvalue weighted by Gasteiger charge is 2.19. The first kappa shape index (κ1) is 18.0. The topological polar surface area (TPSA) is 134 Å². The van der Waals surface area contributed by atoms with Gasteiger partial charge in [-0.05, 0) is 24.3 Å². The summed E-state index contributed by atoms with van der Waals surface area (Å²) in [5.41, 5.74) is 2.62. The van der Waals surface area contributed by atoms with Crippen LogP contribution in [0, 0.1) is 10.1 Å². The largest absolute Gasteiger partial charge is 0.500 e. The molecule has 2 rings (SSSR count). The molecule has 0 atom stereocenters. The second-order valence-corrected chi connectivity index (χ2v) is 5.12. The van der Waals surface area contributed by atoms with E-state index in [2.05, 4.69) is 10.5 Å². The number of nitrogens with one attached hydrogen (secondary N) is 1. The number of phenols is 1. The zero-order chi connectivity index (χ0) is 18.6. The lowest BCUT2D eigenvalue weighted by molar-refractivity contribution is -0.386. The third-order valence-electron chi connectivity index (χ3n) is 3.10. The Morgan fingerprint density at radius 2 is 2.12 bits per heavy atom. The lowest BCUT2D eigenvalue weighted by Gasteiger charge is -2.06. The van der Waals surface area contributed by atoms with Crippen molar-refractivity contribution in [2.75, 3.05) is 12.5 Å². The van der Waals surface area contributed by atoms with Crippen LogP contribution in [0.3, 0.4) is 0 Å². The first-order valence-electron chi connectivity index (χ1n) is 6.70. The van der Waals surface area contributed by atoms with Crippen LogP contribution in [0.15, 0.2) is 35.4 Å². The zero-order valence-corrected chi connectivity index (χ0v) is 13.5. The number of nitro groups is 1. The summed E-state index contributed by atoms with van der Waals surface area (Å²) in [6, 6.07) is 6.69. The molecule has 10 heteroatoms. The predicted octanol–water partition coefficient (Wildman–Crippen LogP) is 3.11. The first-order valence-corrected chi connectivity index (χ1v) is 7.08. The molecule has 0 bridgehead atoms. The van der Waals surface area contributed by atoms with Crippen LogP contribution < -0.4 is 10.2 Å². The molecule has 130 valence electrons. The van der Waals surface area contributed by atoms with Crippen LogP contribution in [0.25, 0.3) is 0 Å². The van der Waals surface area contributed by atoms with E-state index in [4.69, 9.17) is 21.4 Å². The Hall–Kier alpha value is -3.33. The lowest BCUT2D eigenvalue weighted by atomic mass is 10.2. The molecule has 0 radical (unpaired) electrons. The van der Waals surface area contributed by atoms with Crippen molar-refractivity contribution in [3.05, 3.63) is 56.6 Å². The highest BCUT2D eigenvalue weighted by molar-refractivity contribution is 6.33. The fourth-order valence-electron chi connectivity index (χ4n) is 1.92. The minimum absolute atomic E-state index is 0.0738. The number of aromatic carboxylic acids is 1. The van der Waals surface area contributed by atoms with Crippen molar-refractivity contribution < 1.29 is 24.7 Å². The fourth-order valence-corrected chi connectivity index (χ4v) is 2.12. The van der Waals surface area contributed by atoms with Crippen molar-refractivity contribution in [1.29, 1.82) is 0 Å². The molecular formula is C15H12ClN3O6. The number of rotatable bonds is 6. The average molecular weight is 366 g/mol. The molecular weight excluding hydrogens is 354 g/mol. The van der Waals surface area contributed by atoms with E-state index in [1.807, 2.05) is 0 Å². The second kappa shape index (κ2) is 7.49. The summed E-state index contributed by atoms with van der Waals surface area (Å²) in [7, 11) is 1.26. The summed E-state index contributed by atoms with van der Waals surface area (Å²) in [4.78, 5) is 21.2. The molecule has 0 amide bonds. The molecule has 0 aliphatic heterocycles. The molecule has 9 nitrogen and oxygen atoms in total. The summed E-state index contributed by atoms with van der Waals surface area (Å²) >= 11 is 5.77. The number of phenolic OH excluding ortho intramolecular Hbond substituents is 1. The van der Waals surface area contributed by atoms with E-state index in [0.29, 0.717) is 11.3 Å². The highest BCUT2D eigenvalue weighted by Crippen LogP contribution is 2.36. The molecule has 2 aromatic rings. The Kier molecular flexibility index (Phi) is 5.40. The number of hydrogen-bond donors (Lipinski definition) is 3. The Bertz CT molecular complexity index is 869. The van der Waals surface area contributed by atoms with E-state index in [0.717, 1.165) is 6.07 Å². The maximum atomic E-state index is 11.0. The average Bonchev–Trinajstić information content (AvgIpc) is 2.57. The summed E-state index contributed by atoms with van der Waals surface area (Å²) in [6.45, 7) is 0. The van der Waals surface area contributed by atoms with Gasteiger partial charge in [-0.2, -0.15) is 5.10 Å². The minimum atomic E-state index is -1.18. The van der Waals surface area contributed by atoms with Gasteiger partial charge >= 0.3 is 11.7 Å². The van der Waals surface area contributed by atoms with Crippen LogP contribution in [-0.4, -0.2) is 34.4 Å². The standard InChI is InChI=1S/C15H12ClN3O6/c1-25-13-5-8(4-12(14(13)20)19(23)24)7-17-18-9-2-3-11(16)10(6-9)15(21)22/h2-7,18,20H,1H3,(H,21,22). The number of carboxylic acid groups (broad SMARTS) is 1. The highest BCUT2D eigenvalue weighted by atomic mass is 35.5. The maximum absolute atomic E-state index is 11.0. The van der Waals surface area contributed by atoms with Crippen molar-refractivity contribution in [3.63, 3.8) is 0 Å². The summed E-state index contributed by atoms with van der Waals surface area (Å²) < 4.78 is 4.88. The number of methoxy groups -OCH3 is 1. The van der Waals surface area contributed by atoms with E-state index in [9.17, 15) is 20.0 Å². The molecule has 0 saturated carbocycles. The summed E-state index contributed by atoms with van der Waals surface area (Å²) in [5, 5.41) is 33.6. The Morgan fingerprint density at radius 3 is 2.72 bits per heavy atom. The van der Waals surface area contributed by atoms with Crippen LogP contribution in [0.2, 0.25) is 5.02 Å². The number of hydrogen-bond acceptors (Lipinski definition) is 7. The monoisotopic (exact) mass is 365 g/mol. The Labute approximate surface area is 146 Å². The molecule has 0 aromatic heterocycles. The number of hydrazone groups is 1. The number of halogens is 1. The molecule has 3 N–H and O–H groups in total. The smallest absolute Gasteiger partial charge is 0.337 e. The third kappa shape index (κ3) is 4.15. The van der Waals surface area contributed by atoms with Gasteiger partial charge < -0.3 is 14.9 Å². The van der Waals surface area contributed by atoms with E-state index < -0.39 is 22.3 Å². The molecule has 0 heterocycles. The Balaban J connectivity index is 2.25. The van der Waals surface area contributed by atoms with Gasteiger partial charge in [0.25, 0.3) is 0 Å². The van der Waals surface area contributed by atoms with Crippen molar-refractivity contribution in [3.8, 4) is 11.5 Å². The molecule has 25 heavy (non-hydrogen) atoms. The van der Waals surface area contributed by atoms with Gasteiger partial charge in [-0.25, -0.2) is 4.79 Å². The van der Waals surface area contributed by atoms with Crippen molar-refractivity contribution >= 4 is 35.2 Å². The van der Waals surface area contributed by atoms with E-state index in [1.165, 1.54) is 37.6 Å². The lowest BCUT2D eigenvalue weighted by Crippen LogP contribution is -1.99. The summed E-state index contributed by atoms with van der Waals surface area (Å²) in [5.74, 6) is -1.84. The number of carbonyl (C=O) groups is 1. The van der Waals surface area contributed by atoms with Crippen molar-refractivity contribution in [2.45, 2.75) is 0 Å². The molecule has 0 fully saturated rings. The second-order valence-electron chi connectivity index (χ2n) is 4.72. The van der Waals surface area contributed by atoms with Crippen LogP contribution >= 0.6 is 11.6 Å². The Morgan fingerprint density at radius 1 is 1.40 bits per heavy atom. The zero-order valence-electron chi connectivity index (χ0n) is 12.8. The number of anilines is 1. The van der Waals surface area contributed by atoms with E-state index in [1.54, 1.807) is 0 Å². The molecule has 0 spiro atoms. The third-order valence-corrected chi connectivity index (χ3v) is 3.43. The normalized spacial score (nSPS) is 10.6. The van der Waals surface area contributed by atoms with Gasteiger partial charge in [0.05, 0.1) is 34.5 Å². The van der Waals surface area contributed by atoms with Crippen LogP contribution in [-0.2, 0) is 0 Å². The van der Waals surface area contributed by atoms with Crippen molar-refractivity contribution in [2.24, 2.45) is 5.10 Å². The number of nitro benzene ring substituents is 1. The first-order chi connectivity index (χ1) is 11.8. The van der Waals surface area contributed by atoms with Crippen LogP contribution in [0.5, 0.6) is 11.5 Å².